The molecule has 2 heterocycles. The molecule has 11 nitrogen and oxygen atoms in total. The zero-order valence-electron chi connectivity index (χ0n) is 21.5. The number of benzene rings is 2. The van der Waals surface area contributed by atoms with Crippen molar-refractivity contribution in [3.05, 3.63) is 77.6 Å². The second-order valence-corrected chi connectivity index (χ2v) is 8.40. The number of halogens is 1. The van der Waals surface area contributed by atoms with E-state index in [0.717, 1.165) is 22.5 Å². The quantitative estimate of drug-likeness (QED) is 0.304. The summed E-state index contributed by atoms with van der Waals surface area (Å²) in [5.74, 6) is -3.47. The Morgan fingerprint density at radius 2 is 1.82 bits per heavy atom. The molecule has 206 valence electrons. The molecule has 1 amide bonds. The number of aryl methyl sites for hydroxylation is 1. The number of methoxy groups -OCH3 is 1. The lowest BCUT2D eigenvalue weighted by Gasteiger charge is -2.29. The summed E-state index contributed by atoms with van der Waals surface area (Å²) in [6, 6.07) is 10.6. The van der Waals surface area contributed by atoms with Crippen molar-refractivity contribution in [2.45, 2.75) is 13.5 Å². The Kier molecular flexibility index (Phi) is 10.2. The maximum absolute atomic E-state index is 14.3. The van der Waals surface area contributed by atoms with Gasteiger partial charge in [-0.1, -0.05) is 12.1 Å². The lowest BCUT2D eigenvalue weighted by atomic mass is 10.1. The molecule has 0 radical (unpaired) electrons. The fourth-order valence-electron chi connectivity index (χ4n) is 3.70. The van der Waals surface area contributed by atoms with E-state index in [9.17, 15) is 9.18 Å². The van der Waals surface area contributed by atoms with Crippen molar-refractivity contribution in [2.75, 3.05) is 38.3 Å². The highest BCUT2D eigenvalue weighted by atomic mass is 19.1. The first-order chi connectivity index (χ1) is 18.7. The number of carboxylic acids is 2. The average Bonchev–Trinajstić information content (AvgIpc) is 3.37. The number of hydrogen-bond donors (Lipinski definition) is 3. The summed E-state index contributed by atoms with van der Waals surface area (Å²) < 4.78 is 27.0. The van der Waals surface area contributed by atoms with Gasteiger partial charge in [-0.3, -0.25) is 4.79 Å². The van der Waals surface area contributed by atoms with Crippen molar-refractivity contribution >= 4 is 29.6 Å². The summed E-state index contributed by atoms with van der Waals surface area (Å²) in [5, 5.41) is 17.6. The highest BCUT2D eigenvalue weighted by Crippen LogP contribution is 2.25. The predicted molar refractivity (Wildman–Crippen MR) is 140 cm³/mol. The van der Waals surface area contributed by atoms with Gasteiger partial charge in [-0.2, -0.15) is 0 Å². The molecule has 0 aliphatic carbocycles. The van der Waals surface area contributed by atoms with Crippen LogP contribution in [-0.4, -0.2) is 71.0 Å². The average molecular weight is 541 g/mol. The van der Waals surface area contributed by atoms with Crippen molar-refractivity contribution in [3.63, 3.8) is 0 Å². The molecule has 4 rings (SSSR count). The summed E-state index contributed by atoms with van der Waals surface area (Å²) >= 11 is 0. The molecule has 3 N–H and O–H groups in total. The maximum atomic E-state index is 14.3. The molecule has 2 aromatic carbocycles. The number of carbonyl (C=O) groups is 3. The number of rotatable bonds is 7. The van der Waals surface area contributed by atoms with Crippen molar-refractivity contribution in [1.29, 1.82) is 0 Å². The van der Waals surface area contributed by atoms with Gasteiger partial charge in [0.1, 0.15) is 11.6 Å². The van der Waals surface area contributed by atoms with E-state index in [1.165, 1.54) is 12.1 Å². The summed E-state index contributed by atoms with van der Waals surface area (Å²) in [6.45, 7) is 4.70. The zero-order chi connectivity index (χ0) is 28.4. The van der Waals surface area contributed by atoms with Crippen LogP contribution in [-0.2, 0) is 25.7 Å². The third-order valence-corrected chi connectivity index (χ3v) is 5.63. The number of imidazole rings is 1. The van der Waals surface area contributed by atoms with E-state index in [4.69, 9.17) is 29.3 Å². The van der Waals surface area contributed by atoms with Crippen LogP contribution in [0, 0.1) is 12.7 Å². The molecule has 0 spiro atoms. The Labute approximate surface area is 224 Å². The van der Waals surface area contributed by atoms with Gasteiger partial charge < -0.3 is 34.5 Å². The molecular weight excluding hydrogens is 511 g/mol. The van der Waals surface area contributed by atoms with Crippen LogP contribution in [0.4, 0.5) is 10.1 Å². The number of aromatic nitrogens is 2. The molecule has 1 aliphatic rings. The SMILES string of the molecule is COc1cc(C=CC(=O)NCc2ccc(F)c(N3CCOCC3)c2)ccc1-n1cnc(C)c1.O=C(O)C(=O)O. The fourth-order valence-corrected chi connectivity index (χ4v) is 3.70. The number of carbonyl (C=O) groups excluding carboxylic acids is 1. The van der Waals surface area contributed by atoms with Gasteiger partial charge >= 0.3 is 11.9 Å². The molecule has 12 heteroatoms. The van der Waals surface area contributed by atoms with E-state index < -0.39 is 11.9 Å². The minimum Gasteiger partial charge on any atom is -0.495 e. The Balaban J connectivity index is 0.000000631. The molecule has 39 heavy (non-hydrogen) atoms. The van der Waals surface area contributed by atoms with Gasteiger partial charge in [0, 0.05) is 31.9 Å². The van der Waals surface area contributed by atoms with E-state index in [1.807, 2.05) is 40.8 Å². The second kappa shape index (κ2) is 13.7. The molecule has 1 saturated heterocycles. The number of anilines is 1. The first-order valence-electron chi connectivity index (χ1n) is 11.9. The standard InChI is InChI=1S/C25H27FN4O3.C2H2O4/c1-18-16-30(17-28-18)22-7-4-19(14-24(22)32-2)5-8-25(31)27-15-20-3-6-21(26)23(13-20)29-9-11-33-12-10-29;3-1(4)2(5)6/h3-8,13-14,16-17H,9-12,15H2,1-2H3,(H,27,31);(H,3,4)(H,5,6). The van der Waals surface area contributed by atoms with Crippen LogP contribution in [0.25, 0.3) is 11.8 Å². The van der Waals surface area contributed by atoms with Crippen LogP contribution in [0.1, 0.15) is 16.8 Å². The molecule has 0 atom stereocenters. The zero-order valence-corrected chi connectivity index (χ0v) is 21.5. The molecule has 1 fully saturated rings. The lowest BCUT2D eigenvalue weighted by Crippen LogP contribution is -2.36. The largest absolute Gasteiger partial charge is 0.495 e. The van der Waals surface area contributed by atoms with Gasteiger partial charge in [-0.05, 0) is 48.4 Å². The summed E-state index contributed by atoms with van der Waals surface area (Å²) in [7, 11) is 1.61. The normalized spacial score (nSPS) is 12.9. The molecule has 1 aromatic heterocycles. The fraction of sp³-hybridized carbons (Fsp3) is 0.259. The Morgan fingerprint density at radius 3 is 2.44 bits per heavy atom. The second-order valence-electron chi connectivity index (χ2n) is 8.40. The van der Waals surface area contributed by atoms with Gasteiger partial charge in [0.05, 0.1) is 43.7 Å². The number of carboxylic acid groups (broad SMARTS) is 2. The highest BCUT2D eigenvalue weighted by molar-refractivity contribution is 6.27. The minimum atomic E-state index is -1.82. The van der Waals surface area contributed by atoms with E-state index in [0.29, 0.717) is 44.3 Å². The van der Waals surface area contributed by atoms with Gasteiger partial charge in [0.25, 0.3) is 0 Å². The summed E-state index contributed by atoms with van der Waals surface area (Å²) in [4.78, 5) is 36.8. The first kappa shape index (κ1) is 28.9. The van der Waals surface area contributed by atoms with Crippen LogP contribution in [0.5, 0.6) is 5.75 Å². The number of aliphatic carboxylic acids is 2. The first-order valence-corrected chi connectivity index (χ1v) is 11.9. The van der Waals surface area contributed by atoms with Crippen molar-refractivity contribution in [2.24, 2.45) is 0 Å². The van der Waals surface area contributed by atoms with Crippen LogP contribution >= 0.6 is 0 Å². The number of nitrogens with zero attached hydrogens (tertiary/aromatic N) is 3. The Morgan fingerprint density at radius 1 is 1.10 bits per heavy atom. The molecule has 1 aliphatic heterocycles. The summed E-state index contributed by atoms with van der Waals surface area (Å²) in [6.07, 6.45) is 6.85. The van der Waals surface area contributed by atoms with E-state index in [-0.39, 0.29) is 11.7 Å². The highest BCUT2D eigenvalue weighted by Gasteiger charge is 2.15. The lowest BCUT2D eigenvalue weighted by molar-refractivity contribution is -0.159. The minimum absolute atomic E-state index is 0.236. The Bertz CT molecular complexity index is 1340. The topological polar surface area (TPSA) is 143 Å². The molecule has 0 unspecified atom stereocenters. The smallest absolute Gasteiger partial charge is 0.414 e. The van der Waals surface area contributed by atoms with Crippen molar-refractivity contribution in [3.8, 4) is 11.4 Å². The number of ether oxygens (including phenoxy) is 2. The number of amides is 1. The van der Waals surface area contributed by atoms with Crippen molar-refractivity contribution < 1.29 is 38.5 Å². The summed E-state index contributed by atoms with van der Waals surface area (Å²) in [5.41, 5.74) is 3.99. The van der Waals surface area contributed by atoms with Crippen LogP contribution in [0.15, 0.2) is 55.0 Å². The monoisotopic (exact) mass is 540 g/mol. The molecule has 0 saturated carbocycles. The maximum Gasteiger partial charge on any atom is 0.414 e. The van der Waals surface area contributed by atoms with E-state index in [1.54, 1.807) is 31.6 Å². The Hall–Kier alpha value is -4.71. The van der Waals surface area contributed by atoms with Crippen molar-refractivity contribution in [1.82, 2.24) is 14.9 Å². The van der Waals surface area contributed by atoms with Gasteiger partial charge in [0.2, 0.25) is 5.91 Å². The number of nitrogens with one attached hydrogen (secondary N) is 1. The van der Waals surface area contributed by atoms with Gasteiger partial charge in [0.15, 0.2) is 0 Å². The number of morpholine rings is 1. The van der Waals surface area contributed by atoms with Gasteiger partial charge in [-0.15, -0.1) is 0 Å². The van der Waals surface area contributed by atoms with Gasteiger partial charge in [-0.25, -0.2) is 19.0 Å². The molecular formula is C27H29FN4O7. The predicted octanol–water partition coefficient (Wildman–Crippen LogP) is 2.65. The third-order valence-electron chi connectivity index (χ3n) is 5.63. The van der Waals surface area contributed by atoms with Crippen LogP contribution in [0.2, 0.25) is 0 Å². The number of hydrogen-bond acceptors (Lipinski definition) is 7. The third kappa shape index (κ3) is 8.40. The molecule has 0 bridgehead atoms. The van der Waals surface area contributed by atoms with Crippen LogP contribution in [0.3, 0.4) is 0 Å². The van der Waals surface area contributed by atoms with E-state index in [2.05, 4.69) is 10.3 Å². The molecule has 3 aromatic rings. The van der Waals surface area contributed by atoms with Crippen LogP contribution < -0.4 is 15.0 Å². The van der Waals surface area contributed by atoms with E-state index >= 15 is 0 Å².